The number of benzene rings is 2. The first kappa shape index (κ1) is 16.6. The van der Waals surface area contributed by atoms with E-state index < -0.39 is 6.10 Å². The number of aliphatic hydroxyl groups is 1. The van der Waals surface area contributed by atoms with Gasteiger partial charge in [0.2, 0.25) is 5.89 Å². The molecule has 0 fully saturated rings. The zero-order chi connectivity index (χ0) is 16.9. The van der Waals surface area contributed by atoms with E-state index >= 15 is 0 Å². The average Bonchev–Trinajstić information content (AvgIpc) is 3.09. The van der Waals surface area contributed by atoms with Crippen LogP contribution in [0.4, 0.5) is 5.69 Å². The van der Waals surface area contributed by atoms with Gasteiger partial charge >= 0.3 is 0 Å². The molecule has 0 saturated carbocycles. The molecule has 4 nitrogen and oxygen atoms in total. The van der Waals surface area contributed by atoms with Crippen molar-refractivity contribution in [2.75, 3.05) is 5.32 Å². The number of hydrogen-bond acceptors (Lipinski definition) is 4. The maximum atomic E-state index is 10.7. The second-order valence-corrected chi connectivity index (χ2v) is 5.91. The average molecular weight is 343 g/mol. The van der Waals surface area contributed by atoms with Gasteiger partial charge in [-0.05, 0) is 23.8 Å². The van der Waals surface area contributed by atoms with Gasteiger partial charge in [0.05, 0.1) is 12.7 Å². The molecule has 3 rings (SSSR count). The van der Waals surface area contributed by atoms with Crippen LogP contribution in [0, 0.1) is 0 Å². The predicted molar refractivity (Wildman–Crippen MR) is 95.2 cm³/mol. The third kappa shape index (κ3) is 3.78. The van der Waals surface area contributed by atoms with Gasteiger partial charge in [-0.25, -0.2) is 4.98 Å². The van der Waals surface area contributed by atoms with Crippen LogP contribution < -0.4 is 5.32 Å². The van der Waals surface area contributed by atoms with Crippen molar-refractivity contribution in [3.63, 3.8) is 0 Å². The van der Waals surface area contributed by atoms with E-state index in [4.69, 9.17) is 16.0 Å². The Balaban J connectivity index is 1.82. The highest BCUT2D eigenvalue weighted by atomic mass is 35.5. The van der Waals surface area contributed by atoms with Crippen LogP contribution in [0.5, 0.6) is 0 Å². The van der Waals surface area contributed by atoms with Crippen molar-refractivity contribution in [3.8, 4) is 0 Å². The molecule has 0 bridgehead atoms. The molecular weight excluding hydrogens is 324 g/mol. The maximum absolute atomic E-state index is 10.7. The number of aryl methyl sites for hydroxylation is 1. The minimum atomic E-state index is -0.761. The van der Waals surface area contributed by atoms with Crippen LogP contribution in [0.1, 0.15) is 35.8 Å². The quantitative estimate of drug-likeness (QED) is 0.688. The second kappa shape index (κ2) is 7.51. The molecule has 1 atom stereocenters. The van der Waals surface area contributed by atoms with Gasteiger partial charge in [0.25, 0.3) is 0 Å². The molecular formula is C19H19ClN2O2. The topological polar surface area (TPSA) is 58.3 Å². The lowest BCUT2D eigenvalue weighted by atomic mass is 10.00. The number of halogens is 1. The minimum Gasteiger partial charge on any atom is -0.444 e. The van der Waals surface area contributed by atoms with Crippen molar-refractivity contribution in [1.29, 1.82) is 0 Å². The van der Waals surface area contributed by atoms with Gasteiger partial charge in [-0.3, -0.25) is 0 Å². The molecule has 124 valence electrons. The second-order valence-electron chi connectivity index (χ2n) is 5.47. The molecule has 0 aliphatic rings. The SMILES string of the molecule is CCc1cnc(CNc2ccc(Cl)cc2[C@@H](O)c2ccccc2)o1. The molecule has 2 N–H and O–H groups in total. The molecule has 5 heteroatoms. The van der Waals surface area contributed by atoms with Gasteiger partial charge in [-0.15, -0.1) is 0 Å². The lowest BCUT2D eigenvalue weighted by molar-refractivity contribution is 0.221. The van der Waals surface area contributed by atoms with Gasteiger partial charge in [0.1, 0.15) is 11.9 Å². The van der Waals surface area contributed by atoms with Crippen LogP contribution in [-0.2, 0) is 13.0 Å². The largest absolute Gasteiger partial charge is 0.444 e. The van der Waals surface area contributed by atoms with Crippen molar-refractivity contribution in [2.45, 2.75) is 26.0 Å². The number of aromatic nitrogens is 1. The maximum Gasteiger partial charge on any atom is 0.213 e. The number of aliphatic hydroxyl groups excluding tert-OH is 1. The first-order valence-corrected chi connectivity index (χ1v) is 8.25. The number of oxazole rings is 1. The molecule has 0 aliphatic carbocycles. The zero-order valence-electron chi connectivity index (χ0n) is 13.4. The van der Waals surface area contributed by atoms with Crippen LogP contribution in [0.3, 0.4) is 0 Å². The van der Waals surface area contributed by atoms with E-state index in [1.54, 1.807) is 18.3 Å². The molecule has 0 aliphatic heterocycles. The molecule has 0 saturated heterocycles. The number of nitrogens with zero attached hydrogens (tertiary/aromatic N) is 1. The molecule has 0 spiro atoms. The summed E-state index contributed by atoms with van der Waals surface area (Å²) in [5.41, 5.74) is 2.33. The summed E-state index contributed by atoms with van der Waals surface area (Å²) in [6, 6.07) is 14.9. The first-order chi connectivity index (χ1) is 11.7. The monoisotopic (exact) mass is 342 g/mol. The van der Waals surface area contributed by atoms with E-state index in [0.717, 1.165) is 29.0 Å². The molecule has 0 radical (unpaired) electrons. The number of nitrogens with one attached hydrogen (secondary N) is 1. The summed E-state index contributed by atoms with van der Waals surface area (Å²) in [7, 11) is 0. The Bertz CT molecular complexity index is 802. The summed E-state index contributed by atoms with van der Waals surface area (Å²) >= 11 is 6.12. The van der Waals surface area contributed by atoms with Gasteiger partial charge in [0, 0.05) is 22.7 Å². The van der Waals surface area contributed by atoms with Crippen LogP contribution in [0.25, 0.3) is 0 Å². The molecule has 0 unspecified atom stereocenters. The van der Waals surface area contributed by atoms with E-state index in [2.05, 4.69) is 10.3 Å². The molecule has 24 heavy (non-hydrogen) atoms. The smallest absolute Gasteiger partial charge is 0.213 e. The Hall–Kier alpha value is -2.30. The Morgan fingerprint density at radius 2 is 2.00 bits per heavy atom. The standard InChI is InChI=1S/C19H19ClN2O2/c1-2-15-11-22-18(24-15)12-21-17-9-8-14(20)10-16(17)19(23)13-6-4-3-5-7-13/h3-11,19,21,23H,2,12H2,1H3/t19-/m0/s1. The van der Waals surface area contributed by atoms with E-state index in [0.29, 0.717) is 17.5 Å². The van der Waals surface area contributed by atoms with Crippen LogP contribution in [0.2, 0.25) is 5.02 Å². The van der Waals surface area contributed by atoms with E-state index in [-0.39, 0.29) is 0 Å². The Morgan fingerprint density at radius 3 is 2.71 bits per heavy atom. The Labute approximate surface area is 146 Å². The van der Waals surface area contributed by atoms with Crippen LogP contribution >= 0.6 is 11.6 Å². The van der Waals surface area contributed by atoms with Gasteiger partial charge < -0.3 is 14.8 Å². The summed E-state index contributed by atoms with van der Waals surface area (Å²) < 4.78 is 5.60. The minimum absolute atomic E-state index is 0.441. The number of anilines is 1. The normalized spacial score (nSPS) is 12.1. The predicted octanol–water partition coefficient (Wildman–Crippen LogP) is 4.58. The number of rotatable bonds is 6. The fourth-order valence-electron chi connectivity index (χ4n) is 2.50. The van der Waals surface area contributed by atoms with Crippen molar-refractivity contribution in [2.24, 2.45) is 0 Å². The van der Waals surface area contributed by atoms with E-state index in [1.165, 1.54) is 0 Å². The van der Waals surface area contributed by atoms with E-state index in [9.17, 15) is 5.11 Å². The molecule has 1 heterocycles. The molecule has 1 aromatic heterocycles. The highest BCUT2D eigenvalue weighted by molar-refractivity contribution is 6.30. The van der Waals surface area contributed by atoms with Crippen LogP contribution in [0.15, 0.2) is 59.1 Å². The van der Waals surface area contributed by atoms with Gasteiger partial charge in [-0.2, -0.15) is 0 Å². The summed E-state index contributed by atoms with van der Waals surface area (Å²) in [6.07, 6.45) is 1.79. The summed E-state index contributed by atoms with van der Waals surface area (Å²) in [6.45, 7) is 2.46. The Morgan fingerprint density at radius 1 is 1.21 bits per heavy atom. The van der Waals surface area contributed by atoms with Crippen molar-refractivity contribution >= 4 is 17.3 Å². The fourth-order valence-corrected chi connectivity index (χ4v) is 2.68. The first-order valence-electron chi connectivity index (χ1n) is 7.87. The highest BCUT2D eigenvalue weighted by Gasteiger charge is 2.15. The van der Waals surface area contributed by atoms with Crippen molar-refractivity contribution in [1.82, 2.24) is 4.98 Å². The third-order valence-electron chi connectivity index (χ3n) is 3.80. The van der Waals surface area contributed by atoms with Crippen LogP contribution in [-0.4, -0.2) is 10.1 Å². The molecule has 0 amide bonds. The van der Waals surface area contributed by atoms with Gasteiger partial charge in [0.15, 0.2) is 0 Å². The summed E-state index contributed by atoms with van der Waals surface area (Å²) in [5, 5.41) is 14.5. The molecule has 2 aromatic carbocycles. The lowest BCUT2D eigenvalue weighted by Crippen LogP contribution is -2.07. The number of hydrogen-bond donors (Lipinski definition) is 2. The van der Waals surface area contributed by atoms with Gasteiger partial charge in [-0.1, -0.05) is 48.9 Å². The lowest BCUT2D eigenvalue weighted by Gasteiger charge is -2.17. The zero-order valence-corrected chi connectivity index (χ0v) is 14.1. The van der Waals surface area contributed by atoms with E-state index in [1.807, 2.05) is 43.3 Å². The molecule has 3 aromatic rings. The van der Waals surface area contributed by atoms with Crippen molar-refractivity contribution < 1.29 is 9.52 Å². The summed E-state index contributed by atoms with van der Waals surface area (Å²) in [5.74, 6) is 1.47. The highest BCUT2D eigenvalue weighted by Crippen LogP contribution is 2.31. The van der Waals surface area contributed by atoms with Crippen molar-refractivity contribution in [3.05, 3.63) is 82.5 Å². The fraction of sp³-hybridized carbons (Fsp3) is 0.211. The summed E-state index contributed by atoms with van der Waals surface area (Å²) in [4.78, 5) is 4.23. The third-order valence-corrected chi connectivity index (χ3v) is 4.04. The Kier molecular flexibility index (Phi) is 5.18.